The van der Waals surface area contributed by atoms with Gasteiger partial charge in [0.15, 0.2) is 0 Å². The second kappa shape index (κ2) is 6.20. The smallest absolute Gasteiger partial charge is 0.409 e. The van der Waals surface area contributed by atoms with Gasteiger partial charge in [0.25, 0.3) is 12.2 Å². The first-order valence-electron chi connectivity index (χ1n) is 9.25. The summed E-state index contributed by atoms with van der Waals surface area (Å²) in [4.78, 5) is 24.4. The predicted octanol–water partition coefficient (Wildman–Crippen LogP) is 1.83. The molecule has 0 aromatic carbocycles. The van der Waals surface area contributed by atoms with Crippen molar-refractivity contribution < 1.29 is 23.8 Å². The van der Waals surface area contributed by atoms with Gasteiger partial charge in [0, 0.05) is 19.0 Å². The van der Waals surface area contributed by atoms with Gasteiger partial charge in [-0.25, -0.2) is 4.79 Å². The van der Waals surface area contributed by atoms with Crippen LogP contribution in [0.25, 0.3) is 0 Å². The molecule has 25 heavy (non-hydrogen) atoms. The maximum Gasteiger partial charge on any atom is 0.409 e. The maximum atomic E-state index is 12.8. The highest BCUT2D eigenvalue weighted by molar-refractivity contribution is 5.94. The van der Waals surface area contributed by atoms with Crippen LogP contribution in [-0.4, -0.2) is 43.1 Å². The van der Waals surface area contributed by atoms with Gasteiger partial charge in [-0.1, -0.05) is 19.3 Å². The van der Waals surface area contributed by atoms with Gasteiger partial charge in [-0.3, -0.25) is 4.79 Å². The average molecular weight is 350 g/mol. The summed E-state index contributed by atoms with van der Waals surface area (Å²) in [7, 11) is 1.51. The molecule has 0 bridgehead atoms. The number of hydrogen-bond acceptors (Lipinski definition) is 5. The number of alkyl carbamates (subject to hydrolysis) is 1. The van der Waals surface area contributed by atoms with E-state index in [-0.39, 0.29) is 35.5 Å². The van der Waals surface area contributed by atoms with Crippen LogP contribution in [0.5, 0.6) is 0 Å². The normalized spacial score (nSPS) is 39.4. The molecule has 2 saturated carbocycles. The second-order valence-corrected chi connectivity index (χ2v) is 7.70. The number of epoxide rings is 1. The van der Waals surface area contributed by atoms with Gasteiger partial charge in [0.05, 0.1) is 23.9 Å². The van der Waals surface area contributed by atoms with E-state index in [1.165, 1.54) is 32.6 Å². The Hall–Kier alpha value is -1.76. The lowest BCUT2D eigenvalue weighted by Crippen LogP contribution is -2.46. The van der Waals surface area contributed by atoms with Crippen LogP contribution < -0.4 is 10.6 Å². The molecule has 2 amide bonds. The number of fused-ring (bicyclic) bond motifs is 3. The van der Waals surface area contributed by atoms with Crippen molar-refractivity contribution in [3.05, 3.63) is 11.8 Å². The molecule has 0 spiro atoms. The van der Waals surface area contributed by atoms with E-state index >= 15 is 0 Å². The lowest BCUT2D eigenvalue weighted by atomic mass is 9.81. The minimum absolute atomic E-state index is 0.00394. The zero-order valence-electron chi connectivity index (χ0n) is 14.7. The summed E-state index contributed by atoms with van der Waals surface area (Å²) in [6.07, 6.45) is 6.76. The lowest BCUT2D eigenvalue weighted by molar-refractivity contribution is -0.142. The molecule has 2 N–H and O–H groups in total. The Labute approximate surface area is 147 Å². The molecular weight excluding hydrogens is 324 g/mol. The topological polar surface area (TPSA) is 89.2 Å². The number of amides is 2. The molecule has 1 saturated heterocycles. The zero-order valence-corrected chi connectivity index (χ0v) is 14.7. The highest BCUT2D eigenvalue weighted by Gasteiger charge is 2.70. The Kier molecular flexibility index (Phi) is 4.14. The molecular formula is C18H26N2O5. The fourth-order valence-corrected chi connectivity index (χ4v) is 4.72. The molecule has 2 aliphatic heterocycles. The van der Waals surface area contributed by atoms with Crippen LogP contribution in [0.15, 0.2) is 11.8 Å². The molecule has 2 aliphatic carbocycles. The Morgan fingerprint density at radius 2 is 2.04 bits per heavy atom. The first-order valence-corrected chi connectivity index (χ1v) is 9.25. The monoisotopic (exact) mass is 350 g/mol. The minimum Gasteiger partial charge on any atom is -0.461 e. The Balaban J connectivity index is 1.50. The number of ether oxygens (including phenoxy) is 3. The van der Waals surface area contributed by atoms with Crippen molar-refractivity contribution in [1.29, 1.82) is 0 Å². The molecule has 0 aromatic rings. The highest BCUT2D eigenvalue weighted by atomic mass is 16.7. The van der Waals surface area contributed by atoms with Gasteiger partial charge in [-0.15, -0.1) is 0 Å². The Bertz CT molecular complexity index is 600. The lowest BCUT2D eigenvalue weighted by Gasteiger charge is -2.36. The van der Waals surface area contributed by atoms with Gasteiger partial charge >= 0.3 is 6.09 Å². The molecule has 0 aromatic heterocycles. The molecule has 2 heterocycles. The summed E-state index contributed by atoms with van der Waals surface area (Å²) in [6, 6.07) is 0.253. The van der Waals surface area contributed by atoms with Crippen LogP contribution in [0, 0.1) is 11.8 Å². The molecule has 3 fully saturated rings. The van der Waals surface area contributed by atoms with Crippen LogP contribution in [0.4, 0.5) is 4.79 Å². The standard InChI is InChI=1S/C18H26N2O5/c1-18-13(25-18)8-11-12(15(21)20-10-6-4-3-5-7-10)9-23-16(14(11)18)24-17(22)19-2/h9-11,13-14,16H,3-8H2,1-2H3,(H,19,22)(H,20,21)/t11-,13+,14-,16+,18+/m1/s1. The summed E-state index contributed by atoms with van der Waals surface area (Å²) in [5.74, 6) is -0.215. The summed E-state index contributed by atoms with van der Waals surface area (Å²) < 4.78 is 16.8. The van der Waals surface area contributed by atoms with Crippen molar-refractivity contribution in [2.75, 3.05) is 7.05 Å². The van der Waals surface area contributed by atoms with E-state index in [0.29, 0.717) is 5.57 Å². The van der Waals surface area contributed by atoms with E-state index in [4.69, 9.17) is 14.2 Å². The van der Waals surface area contributed by atoms with Crippen molar-refractivity contribution in [2.24, 2.45) is 11.8 Å². The minimum atomic E-state index is -0.728. The number of hydrogen-bond donors (Lipinski definition) is 2. The van der Waals surface area contributed by atoms with E-state index in [1.807, 2.05) is 6.92 Å². The van der Waals surface area contributed by atoms with Gasteiger partial charge in [-0.2, -0.15) is 0 Å². The van der Waals surface area contributed by atoms with Crippen LogP contribution in [-0.2, 0) is 19.0 Å². The van der Waals surface area contributed by atoms with Gasteiger partial charge < -0.3 is 24.8 Å². The maximum absolute atomic E-state index is 12.8. The third kappa shape index (κ3) is 2.88. The summed E-state index contributed by atoms with van der Waals surface area (Å²) in [6.45, 7) is 2.01. The zero-order chi connectivity index (χ0) is 17.6. The SMILES string of the molecule is CNC(=O)O[C@@H]1OC=C(C(=O)NC2CCCCC2)[C@H]2C[C@@H]3O[C@]3(C)[C@@H]12. The highest BCUT2D eigenvalue weighted by Crippen LogP contribution is 2.60. The van der Waals surface area contributed by atoms with Gasteiger partial charge in [-0.05, 0) is 26.2 Å². The first kappa shape index (κ1) is 16.7. The van der Waals surface area contributed by atoms with Crippen LogP contribution in [0.2, 0.25) is 0 Å². The molecule has 5 atom stereocenters. The molecule has 4 aliphatic rings. The van der Waals surface area contributed by atoms with Crippen LogP contribution in [0.1, 0.15) is 45.4 Å². The Morgan fingerprint density at radius 3 is 2.76 bits per heavy atom. The number of nitrogens with one attached hydrogen (secondary N) is 2. The number of rotatable bonds is 3. The largest absolute Gasteiger partial charge is 0.461 e. The summed E-state index contributed by atoms with van der Waals surface area (Å²) >= 11 is 0. The fourth-order valence-electron chi connectivity index (χ4n) is 4.72. The quantitative estimate of drug-likeness (QED) is 0.758. The van der Waals surface area contributed by atoms with Crippen molar-refractivity contribution in [3.63, 3.8) is 0 Å². The van der Waals surface area contributed by atoms with E-state index in [0.717, 1.165) is 19.3 Å². The van der Waals surface area contributed by atoms with Crippen molar-refractivity contribution in [2.45, 2.75) is 69.5 Å². The number of carbonyl (C=O) groups excluding carboxylic acids is 2. The van der Waals surface area contributed by atoms with Crippen LogP contribution >= 0.6 is 0 Å². The van der Waals surface area contributed by atoms with E-state index in [1.54, 1.807) is 0 Å². The van der Waals surface area contributed by atoms with Crippen molar-refractivity contribution >= 4 is 12.0 Å². The molecule has 7 heteroatoms. The summed E-state index contributed by atoms with van der Waals surface area (Å²) in [5, 5.41) is 5.60. The van der Waals surface area contributed by atoms with E-state index in [2.05, 4.69) is 10.6 Å². The van der Waals surface area contributed by atoms with Crippen molar-refractivity contribution in [3.8, 4) is 0 Å². The third-order valence-electron chi connectivity index (χ3n) is 6.19. The molecule has 7 nitrogen and oxygen atoms in total. The molecule has 0 radical (unpaired) electrons. The van der Waals surface area contributed by atoms with Crippen LogP contribution in [0.3, 0.4) is 0 Å². The van der Waals surface area contributed by atoms with E-state index < -0.39 is 12.4 Å². The molecule has 138 valence electrons. The molecule has 4 rings (SSSR count). The third-order valence-corrected chi connectivity index (χ3v) is 6.19. The van der Waals surface area contributed by atoms with Crippen molar-refractivity contribution in [1.82, 2.24) is 10.6 Å². The van der Waals surface area contributed by atoms with Gasteiger partial charge in [0.1, 0.15) is 5.60 Å². The predicted molar refractivity (Wildman–Crippen MR) is 88.4 cm³/mol. The second-order valence-electron chi connectivity index (χ2n) is 7.70. The summed E-state index contributed by atoms with van der Waals surface area (Å²) in [5.41, 5.74) is 0.276. The number of carbonyl (C=O) groups is 2. The average Bonchev–Trinajstić information content (AvgIpc) is 3.16. The fraction of sp³-hybridized carbons (Fsp3) is 0.778. The van der Waals surface area contributed by atoms with E-state index in [9.17, 15) is 9.59 Å². The molecule has 0 unspecified atom stereocenters. The first-order chi connectivity index (χ1) is 12.0. The Morgan fingerprint density at radius 1 is 1.28 bits per heavy atom. The van der Waals surface area contributed by atoms with Gasteiger partial charge in [0.2, 0.25) is 0 Å².